The number of hydrogen-bond donors (Lipinski definition) is 2. The van der Waals surface area contributed by atoms with Crippen molar-refractivity contribution in [1.29, 1.82) is 0 Å². The third kappa shape index (κ3) is 7.08. The van der Waals surface area contributed by atoms with E-state index in [9.17, 15) is 22.8 Å². The van der Waals surface area contributed by atoms with Crippen LogP contribution in [0, 0.1) is 13.8 Å². The van der Waals surface area contributed by atoms with Gasteiger partial charge in [0.1, 0.15) is 5.82 Å². The lowest BCUT2D eigenvalue weighted by molar-refractivity contribution is -0.154. The molecule has 36 heavy (non-hydrogen) atoms. The molecule has 0 spiro atoms. The van der Waals surface area contributed by atoms with E-state index in [1.165, 1.54) is 25.5 Å². The molecule has 1 unspecified atom stereocenters. The van der Waals surface area contributed by atoms with Crippen LogP contribution in [-0.2, 0) is 6.54 Å². The zero-order valence-corrected chi connectivity index (χ0v) is 20.2. The molecular formula is C25H26F3N5O3. The van der Waals surface area contributed by atoms with Gasteiger partial charge in [0.2, 0.25) is 5.88 Å². The Hall–Kier alpha value is -3.86. The second-order valence-electron chi connectivity index (χ2n) is 8.28. The van der Waals surface area contributed by atoms with Crippen molar-refractivity contribution >= 4 is 17.5 Å². The average Bonchev–Trinajstić information content (AvgIpc) is 2.81. The van der Waals surface area contributed by atoms with Crippen LogP contribution >= 0.6 is 0 Å². The van der Waals surface area contributed by atoms with Crippen LogP contribution in [0.2, 0.25) is 0 Å². The maximum atomic E-state index is 12.7. The first kappa shape index (κ1) is 26.7. The first-order valence-corrected chi connectivity index (χ1v) is 11.1. The van der Waals surface area contributed by atoms with Crippen LogP contribution < -0.4 is 15.4 Å². The molecule has 3 rings (SSSR count). The number of pyridine rings is 3. The van der Waals surface area contributed by atoms with E-state index >= 15 is 0 Å². The second kappa shape index (κ2) is 11.3. The van der Waals surface area contributed by atoms with Crippen LogP contribution in [0.15, 0.2) is 42.9 Å². The Morgan fingerprint density at radius 3 is 2.44 bits per heavy atom. The molecule has 11 heteroatoms. The summed E-state index contributed by atoms with van der Waals surface area (Å²) in [6, 6.07) is 6.32. The zero-order valence-electron chi connectivity index (χ0n) is 20.2. The van der Waals surface area contributed by atoms with E-state index in [1.807, 2.05) is 13.8 Å². The van der Waals surface area contributed by atoms with Gasteiger partial charge in [0.15, 0.2) is 12.4 Å². The average molecular weight is 502 g/mol. The van der Waals surface area contributed by atoms with Gasteiger partial charge in [0.25, 0.3) is 5.91 Å². The van der Waals surface area contributed by atoms with Crippen molar-refractivity contribution in [3.8, 4) is 5.88 Å². The third-order valence-corrected chi connectivity index (χ3v) is 5.35. The SMILES string of the molecule is CC(=O)c1ccnc(NC(=O)c2ccc(C)nc2)c1CNC(C)c1cnc(OCC(F)(F)F)c(C)c1. The molecule has 190 valence electrons. The number of aromatic nitrogens is 3. The molecule has 1 atom stereocenters. The summed E-state index contributed by atoms with van der Waals surface area (Å²) in [5.41, 5.74) is 3.17. The number of carbonyl (C=O) groups excluding carboxylic acids is 2. The van der Waals surface area contributed by atoms with Crippen molar-refractivity contribution in [2.45, 2.75) is 46.5 Å². The predicted molar refractivity (Wildman–Crippen MR) is 127 cm³/mol. The number of rotatable bonds is 9. The zero-order chi connectivity index (χ0) is 26.5. The number of ether oxygens (including phenoxy) is 1. The highest BCUT2D eigenvalue weighted by Crippen LogP contribution is 2.24. The lowest BCUT2D eigenvalue weighted by atomic mass is 10.0. The van der Waals surface area contributed by atoms with E-state index in [4.69, 9.17) is 4.74 Å². The van der Waals surface area contributed by atoms with Crippen molar-refractivity contribution < 1.29 is 27.5 Å². The molecule has 0 aliphatic heterocycles. The molecule has 3 aromatic heterocycles. The number of nitrogens with one attached hydrogen (secondary N) is 2. The Bertz CT molecular complexity index is 1250. The summed E-state index contributed by atoms with van der Waals surface area (Å²) in [5.74, 6) is -0.472. The van der Waals surface area contributed by atoms with Crippen molar-refractivity contribution in [3.63, 3.8) is 0 Å². The van der Waals surface area contributed by atoms with Gasteiger partial charge < -0.3 is 15.4 Å². The number of anilines is 1. The minimum absolute atomic E-state index is 0.0926. The lowest BCUT2D eigenvalue weighted by Crippen LogP contribution is -2.23. The maximum absolute atomic E-state index is 12.7. The van der Waals surface area contributed by atoms with E-state index in [1.54, 1.807) is 31.2 Å². The molecule has 0 saturated carbocycles. The molecule has 0 aliphatic rings. The molecule has 0 aromatic carbocycles. The molecule has 8 nitrogen and oxygen atoms in total. The molecule has 0 aliphatic carbocycles. The number of halogens is 3. The van der Waals surface area contributed by atoms with Gasteiger partial charge in [-0.1, -0.05) is 0 Å². The van der Waals surface area contributed by atoms with Gasteiger partial charge in [-0.3, -0.25) is 14.6 Å². The molecule has 1 amide bonds. The van der Waals surface area contributed by atoms with Crippen molar-refractivity contribution in [1.82, 2.24) is 20.3 Å². The van der Waals surface area contributed by atoms with Crippen LogP contribution in [0.3, 0.4) is 0 Å². The monoisotopic (exact) mass is 501 g/mol. The highest BCUT2D eigenvalue weighted by Gasteiger charge is 2.29. The Labute approximate surface area is 206 Å². The largest absolute Gasteiger partial charge is 0.468 e. The van der Waals surface area contributed by atoms with Crippen LogP contribution in [0.4, 0.5) is 19.0 Å². The number of carbonyl (C=O) groups is 2. The smallest absolute Gasteiger partial charge is 0.422 e. The summed E-state index contributed by atoms with van der Waals surface area (Å²) in [5, 5.41) is 6.00. The third-order valence-electron chi connectivity index (χ3n) is 5.35. The molecule has 3 aromatic rings. The van der Waals surface area contributed by atoms with Gasteiger partial charge in [-0.05, 0) is 57.5 Å². The summed E-state index contributed by atoms with van der Waals surface area (Å²) >= 11 is 0. The molecule has 0 saturated heterocycles. The minimum atomic E-state index is -4.46. The van der Waals surface area contributed by atoms with Gasteiger partial charge in [0, 0.05) is 53.6 Å². The first-order valence-electron chi connectivity index (χ1n) is 11.1. The summed E-state index contributed by atoms with van der Waals surface area (Å²) in [6.07, 6.45) is -0.127. The number of hydrogen-bond acceptors (Lipinski definition) is 7. The van der Waals surface area contributed by atoms with Gasteiger partial charge in [0.05, 0.1) is 5.56 Å². The van der Waals surface area contributed by atoms with Gasteiger partial charge >= 0.3 is 6.18 Å². The fraction of sp³-hybridized carbons (Fsp3) is 0.320. The molecular weight excluding hydrogens is 475 g/mol. The van der Waals surface area contributed by atoms with Gasteiger partial charge in [-0.15, -0.1) is 0 Å². The number of alkyl halides is 3. The number of aryl methyl sites for hydroxylation is 2. The normalized spacial score (nSPS) is 12.2. The Kier molecular flexibility index (Phi) is 8.36. The Morgan fingerprint density at radius 1 is 1.08 bits per heavy atom. The fourth-order valence-corrected chi connectivity index (χ4v) is 3.39. The number of amides is 1. The number of ketones is 1. The van der Waals surface area contributed by atoms with Gasteiger partial charge in [-0.25, -0.2) is 9.97 Å². The van der Waals surface area contributed by atoms with Crippen LogP contribution in [0.5, 0.6) is 5.88 Å². The van der Waals surface area contributed by atoms with E-state index in [-0.39, 0.29) is 30.1 Å². The Balaban J connectivity index is 1.77. The van der Waals surface area contributed by atoms with E-state index in [0.717, 1.165) is 5.69 Å². The highest BCUT2D eigenvalue weighted by atomic mass is 19.4. The minimum Gasteiger partial charge on any atom is -0.468 e. The molecule has 0 bridgehead atoms. The van der Waals surface area contributed by atoms with E-state index in [2.05, 4.69) is 25.6 Å². The maximum Gasteiger partial charge on any atom is 0.422 e. The van der Waals surface area contributed by atoms with Crippen LogP contribution in [0.25, 0.3) is 0 Å². The molecule has 3 heterocycles. The first-order chi connectivity index (χ1) is 16.9. The highest BCUT2D eigenvalue weighted by molar-refractivity contribution is 6.05. The van der Waals surface area contributed by atoms with Crippen molar-refractivity contribution in [2.75, 3.05) is 11.9 Å². The lowest BCUT2D eigenvalue weighted by Gasteiger charge is -2.19. The quantitative estimate of drug-likeness (QED) is 0.408. The van der Waals surface area contributed by atoms with Crippen molar-refractivity contribution in [2.24, 2.45) is 0 Å². The fourth-order valence-electron chi connectivity index (χ4n) is 3.39. The summed E-state index contributed by atoms with van der Waals surface area (Å²) in [7, 11) is 0. The van der Waals surface area contributed by atoms with Gasteiger partial charge in [-0.2, -0.15) is 13.2 Å². The summed E-state index contributed by atoms with van der Waals surface area (Å²) in [4.78, 5) is 37.4. The summed E-state index contributed by atoms with van der Waals surface area (Å²) in [6.45, 7) is 5.44. The number of Topliss-reactive ketones (excluding diaryl/α,β-unsaturated/α-hetero) is 1. The molecule has 0 fully saturated rings. The predicted octanol–water partition coefficient (Wildman–Crippen LogP) is 4.74. The van der Waals surface area contributed by atoms with Crippen molar-refractivity contribution in [3.05, 3.63) is 76.4 Å². The standard InChI is InChI=1S/C25H26F3N5O3/c1-14-9-19(11-32-24(14)36-13-25(26,27)28)16(3)31-12-21-20(17(4)34)7-8-29-22(21)33-23(35)18-6-5-15(2)30-10-18/h5-11,16,31H,12-13H2,1-4H3,(H,29,33,35). The number of nitrogens with zero attached hydrogens (tertiary/aromatic N) is 3. The van der Waals surface area contributed by atoms with Crippen LogP contribution in [-0.4, -0.2) is 39.4 Å². The molecule has 2 N–H and O–H groups in total. The van der Waals surface area contributed by atoms with E-state index in [0.29, 0.717) is 27.8 Å². The molecule has 0 radical (unpaired) electrons. The van der Waals surface area contributed by atoms with E-state index < -0.39 is 18.7 Å². The Morgan fingerprint density at radius 2 is 1.83 bits per heavy atom. The second-order valence-corrected chi connectivity index (χ2v) is 8.28. The summed E-state index contributed by atoms with van der Waals surface area (Å²) < 4.78 is 42.1. The topological polar surface area (TPSA) is 106 Å². The van der Waals surface area contributed by atoms with Crippen LogP contribution in [0.1, 0.15) is 63.0 Å².